The van der Waals surface area contributed by atoms with E-state index in [-0.39, 0.29) is 22.5 Å². The van der Waals surface area contributed by atoms with E-state index in [4.69, 9.17) is 16.0 Å². The lowest BCUT2D eigenvalue weighted by Gasteiger charge is -2.32. The molecular weight excluding hydrogens is 492 g/mol. The molecule has 1 unspecified atom stereocenters. The number of rotatable bonds is 6. The van der Waals surface area contributed by atoms with Crippen molar-refractivity contribution in [2.24, 2.45) is 5.92 Å². The van der Waals surface area contributed by atoms with Crippen LogP contribution in [0.2, 0.25) is 5.02 Å². The molecule has 7 nitrogen and oxygen atoms in total. The first-order valence-electron chi connectivity index (χ1n) is 11.7. The molecule has 1 aromatic carbocycles. The van der Waals surface area contributed by atoms with Crippen LogP contribution in [0, 0.1) is 5.92 Å². The second-order valence-electron chi connectivity index (χ2n) is 9.23. The van der Waals surface area contributed by atoms with Crippen LogP contribution < -0.4 is 10.2 Å². The number of para-hydroxylation sites is 1. The van der Waals surface area contributed by atoms with Crippen molar-refractivity contribution in [3.63, 3.8) is 0 Å². The fourth-order valence-electron chi connectivity index (χ4n) is 5.18. The first-order valence-corrected chi connectivity index (χ1v) is 12.1. The van der Waals surface area contributed by atoms with Gasteiger partial charge in [-0.25, -0.2) is 8.78 Å². The maximum Gasteiger partial charge on any atom is 0.281 e. The largest absolute Gasteiger partial charge is 0.472 e. The van der Waals surface area contributed by atoms with Gasteiger partial charge in [0.2, 0.25) is 0 Å². The number of halogens is 3. The van der Waals surface area contributed by atoms with Gasteiger partial charge >= 0.3 is 0 Å². The fourth-order valence-corrected chi connectivity index (χ4v) is 5.34. The first-order chi connectivity index (χ1) is 17.3. The normalized spacial score (nSPS) is 23.7. The maximum absolute atomic E-state index is 13.4. The van der Waals surface area contributed by atoms with E-state index < -0.39 is 29.5 Å². The number of fused-ring (bicyclic) bond motifs is 1. The monoisotopic (exact) mass is 515 g/mol. The van der Waals surface area contributed by atoms with Gasteiger partial charge in [0.25, 0.3) is 18.2 Å². The van der Waals surface area contributed by atoms with E-state index in [0.29, 0.717) is 36.2 Å². The number of pyridine rings is 1. The van der Waals surface area contributed by atoms with Crippen molar-refractivity contribution in [3.8, 4) is 0 Å². The summed E-state index contributed by atoms with van der Waals surface area (Å²) in [5.74, 6) is -0.905. The van der Waals surface area contributed by atoms with Crippen LogP contribution in [0.5, 0.6) is 0 Å². The number of amides is 2. The lowest BCUT2D eigenvalue weighted by molar-refractivity contribution is -0.132. The summed E-state index contributed by atoms with van der Waals surface area (Å²) < 4.78 is 31.7. The number of furan rings is 1. The van der Waals surface area contributed by atoms with Crippen LogP contribution in [0.4, 0.5) is 14.5 Å². The Morgan fingerprint density at radius 2 is 2.00 bits per heavy atom. The van der Waals surface area contributed by atoms with Gasteiger partial charge < -0.3 is 19.7 Å². The summed E-state index contributed by atoms with van der Waals surface area (Å²) in [6.45, 7) is 0.421. The van der Waals surface area contributed by atoms with Crippen LogP contribution in [0.3, 0.4) is 0 Å². The van der Waals surface area contributed by atoms with E-state index in [1.54, 1.807) is 23.1 Å². The van der Waals surface area contributed by atoms with Crippen LogP contribution >= 0.6 is 11.6 Å². The summed E-state index contributed by atoms with van der Waals surface area (Å²) in [6, 6.07) is 9.76. The van der Waals surface area contributed by atoms with E-state index in [0.717, 1.165) is 19.0 Å². The Morgan fingerprint density at radius 1 is 1.25 bits per heavy atom. The summed E-state index contributed by atoms with van der Waals surface area (Å²) in [6.07, 6.45) is 3.70. The average Bonchev–Trinajstić information content (AvgIpc) is 3.49. The van der Waals surface area contributed by atoms with Crippen molar-refractivity contribution in [3.05, 3.63) is 82.5 Å². The van der Waals surface area contributed by atoms with Crippen LogP contribution in [0.25, 0.3) is 0 Å². The predicted molar refractivity (Wildman–Crippen MR) is 128 cm³/mol. The summed E-state index contributed by atoms with van der Waals surface area (Å²) in [5, 5.41) is 14.4. The topological polar surface area (TPSA) is 95.7 Å². The minimum atomic E-state index is -2.89. The van der Waals surface area contributed by atoms with Crippen molar-refractivity contribution in [1.82, 2.24) is 10.3 Å². The highest BCUT2D eigenvalue weighted by molar-refractivity contribution is 6.30. The van der Waals surface area contributed by atoms with Crippen molar-refractivity contribution in [2.45, 2.75) is 43.8 Å². The molecule has 2 amide bonds. The number of nitrogens with one attached hydrogen (secondary N) is 1. The Bertz CT molecular complexity index is 1280. The molecule has 2 N–H and O–H groups in total. The molecule has 0 spiro atoms. The summed E-state index contributed by atoms with van der Waals surface area (Å²) in [5.41, 5.74) is -1.06. The number of hydrogen-bond acceptors (Lipinski definition) is 5. The van der Waals surface area contributed by atoms with Gasteiger partial charge in [-0.05, 0) is 49.8 Å². The highest BCUT2D eigenvalue weighted by Gasteiger charge is 2.51. The standard InChI is InChI=1S/C26H24ClF2N3O4/c27-17-11-19(22(23(28)29)30-12-17)24(33)31-18-7-5-15(6-8-18)13-32-21-4-2-1-3-20(21)26(35,25(32)34)16-9-10-36-14-16/h1-4,9-12,14-15,18,23,35H,5-8,13H2,(H,31,33). The first kappa shape index (κ1) is 24.4. The third-order valence-corrected chi connectivity index (χ3v) is 7.24. The van der Waals surface area contributed by atoms with Crippen LogP contribution in [0.15, 0.2) is 59.5 Å². The Labute approximate surface area is 211 Å². The van der Waals surface area contributed by atoms with Crippen molar-refractivity contribution >= 4 is 29.1 Å². The summed E-state index contributed by atoms with van der Waals surface area (Å²) in [4.78, 5) is 31.4. The van der Waals surface area contributed by atoms with E-state index in [1.807, 2.05) is 12.1 Å². The Balaban J connectivity index is 1.25. The Kier molecular flexibility index (Phi) is 6.53. The van der Waals surface area contributed by atoms with Gasteiger partial charge in [0.05, 0.1) is 28.8 Å². The molecule has 188 valence electrons. The molecule has 0 saturated heterocycles. The molecule has 2 aromatic heterocycles. The van der Waals surface area contributed by atoms with Crippen LogP contribution in [0.1, 0.15) is 59.3 Å². The zero-order valence-corrected chi connectivity index (χ0v) is 19.9. The molecule has 1 atom stereocenters. The molecule has 0 radical (unpaired) electrons. The van der Waals surface area contributed by atoms with Crippen molar-refractivity contribution in [1.29, 1.82) is 0 Å². The van der Waals surface area contributed by atoms with E-state index in [9.17, 15) is 23.5 Å². The summed E-state index contributed by atoms with van der Waals surface area (Å²) in [7, 11) is 0. The molecule has 0 bridgehead atoms. The van der Waals surface area contributed by atoms with E-state index >= 15 is 0 Å². The van der Waals surface area contributed by atoms with E-state index in [1.165, 1.54) is 18.6 Å². The van der Waals surface area contributed by atoms with Crippen molar-refractivity contribution in [2.75, 3.05) is 11.4 Å². The molecule has 1 aliphatic heterocycles. The number of alkyl halides is 2. The zero-order chi connectivity index (χ0) is 25.4. The fraction of sp³-hybridized carbons (Fsp3) is 0.346. The average molecular weight is 516 g/mol. The number of benzene rings is 1. The Hall–Kier alpha value is -3.30. The molecule has 1 fully saturated rings. The van der Waals surface area contributed by atoms with E-state index in [2.05, 4.69) is 10.3 Å². The van der Waals surface area contributed by atoms with Gasteiger partial charge in [0.1, 0.15) is 5.69 Å². The predicted octanol–water partition coefficient (Wildman–Crippen LogP) is 4.84. The van der Waals surface area contributed by atoms with Gasteiger partial charge in [0.15, 0.2) is 5.60 Å². The minimum Gasteiger partial charge on any atom is -0.472 e. The van der Waals surface area contributed by atoms with Gasteiger partial charge in [-0.15, -0.1) is 0 Å². The smallest absolute Gasteiger partial charge is 0.281 e. The van der Waals surface area contributed by atoms with Gasteiger partial charge in [-0.1, -0.05) is 29.8 Å². The Morgan fingerprint density at radius 3 is 2.69 bits per heavy atom. The molecule has 1 saturated carbocycles. The van der Waals surface area contributed by atoms with Gasteiger partial charge in [-0.3, -0.25) is 14.6 Å². The van der Waals surface area contributed by atoms with Gasteiger partial charge in [0, 0.05) is 29.9 Å². The maximum atomic E-state index is 13.4. The second-order valence-corrected chi connectivity index (χ2v) is 9.67. The molecule has 3 aromatic rings. The van der Waals surface area contributed by atoms with Crippen LogP contribution in [-0.2, 0) is 10.4 Å². The quantitative estimate of drug-likeness (QED) is 0.490. The number of hydrogen-bond donors (Lipinski definition) is 2. The number of anilines is 1. The van der Waals surface area contributed by atoms with Gasteiger partial charge in [-0.2, -0.15) is 0 Å². The second kappa shape index (κ2) is 9.63. The van der Waals surface area contributed by atoms with Crippen molar-refractivity contribution < 1.29 is 27.9 Å². The number of aliphatic hydroxyl groups is 1. The molecule has 3 heterocycles. The zero-order valence-electron chi connectivity index (χ0n) is 19.2. The highest BCUT2D eigenvalue weighted by atomic mass is 35.5. The number of aromatic nitrogens is 1. The number of nitrogens with zero attached hydrogens (tertiary/aromatic N) is 2. The molecule has 2 aliphatic rings. The molecule has 5 rings (SSSR count). The molecule has 36 heavy (non-hydrogen) atoms. The molecule has 10 heteroatoms. The molecule has 1 aliphatic carbocycles. The number of carbonyl (C=O) groups is 2. The van der Waals surface area contributed by atoms with Crippen LogP contribution in [-0.4, -0.2) is 34.5 Å². The minimum absolute atomic E-state index is 0.110. The lowest BCUT2D eigenvalue weighted by atomic mass is 9.85. The number of carbonyl (C=O) groups excluding carboxylic acids is 2. The third-order valence-electron chi connectivity index (χ3n) is 7.04. The summed E-state index contributed by atoms with van der Waals surface area (Å²) >= 11 is 5.87. The SMILES string of the molecule is O=C(NC1CCC(CN2C(=O)C(O)(c3ccoc3)c3ccccc32)CC1)c1cc(Cl)cnc1C(F)F. The highest BCUT2D eigenvalue weighted by Crippen LogP contribution is 2.45. The molecular formula is C26H24ClF2N3O4. The third kappa shape index (κ3) is 4.26. The lowest BCUT2D eigenvalue weighted by Crippen LogP contribution is -2.44.